The van der Waals surface area contributed by atoms with Crippen LogP contribution >= 0.6 is 11.6 Å². The highest BCUT2D eigenvalue weighted by atomic mass is 35.5. The smallest absolute Gasteiger partial charge is 0.322 e. The summed E-state index contributed by atoms with van der Waals surface area (Å²) < 4.78 is 27.1. The lowest BCUT2D eigenvalue weighted by Gasteiger charge is -2.33. The first-order chi connectivity index (χ1) is 13.3. The van der Waals surface area contributed by atoms with Gasteiger partial charge in [0.15, 0.2) is 0 Å². The first kappa shape index (κ1) is 20.1. The molecule has 0 aromatic heterocycles. The number of anilines is 2. The van der Waals surface area contributed by atoms with Gasteiger partial charge in [-0.25, -0.2) is 8.78 Å². The van der Waals surface area contributed by atoms with Gasteiger partial charge in [-0.3, -0.25) is 9.59 Å². The first-order valence-electron chi connectivity index (χ1n) is 8.83. The van der Waals surface area contributed by atoms with Crippen LogP contribution in [0.1, 0.15) is 18.4 Å². The van der Waals surface area contributed by atoms with Crippen molar-refractivity contribution >= 4 is 34.9 Å². The fraction of sp³-hybridized carbons (Fsp3) is 0.300. The summed E-state index contributed by atoms with van der Waals surface area (Å²) in [7, 11) is 0. The molecule has 1 saturated heterocycles. The van der Waals surface area contributed by atoms with E-state index in [0.29, 0.717) is 41.3 Å². The molecule has 3 rings (SSSR count). The molecule has 28 heavy (non-hydrogen) atoms. The number of nitrogens with zero attached hydrogens (tertiary/aromatic N) is 1. The molecule has 5 nitrogen and oxygen atoms in total. The molecule has 1 amide bonds. The summed E-state index contributed by atoms with van der Waals surface area (Å²) in [6.07, 6.45) is 1.27. The van der Waals surface area contributed by atoms with Gasteiger partial charge in [-0.1, -0.05) is 17.7 Å². The van der Waals surface area contributed by atoms with E-state index >= 15 is 0 Å². The van der Waals surface area contributed by atoms with E-state index in [1.54, 1.807) is 23.1 Å². The molecule has 0 aliphatic carbocycles. The van der Waals surface area contributed by atoms with Crippen LogP contribution in [0.15, 0.2) is 36.4 Å². The second-order valence-electron chi connectivity index (χ2n) is 6.76. The van der Waals surface area contributed by atoms with Crippen LogP contribution in [-0.2, 0) is 16.0 Å². The maximum absolute atomic E-state index is 14.0. The zero-order valence-electron chi connectivity index (χ0n) is 14.9. The molecule has 2 aromatic rings. The SMILES string of the molecule is O=C(O)CNc1ccc(Cl)c(N2CC(Cc3ccc(F)cc3F)CCC2=O)c1. The van der Waals surface area contributed by atoms with E-state index in [1.165, 1.54) is 12.1 Å². The van der Waals surface area contributed by atoms with E-state index in [-0.39, 0.29) is 24.8 Å². The van der Waals surface area contributed by atoms with Crippen molar-refractivity contribution in [1.29, 1.82) is 0 Å². The molecule has 0 bridgehead atoms. The lowest BCUT2D eigenvalue weighted by molar-refractivity contribution is -0.135. The van der Waals surface area contributed by atoms with Gasteiger partial charge >= 0.3 is 5.97 Å². The molecular formula is C20H19ClF2N2O3. The third kappa shape index (κ3) is 4.78. The Morgan fingerprint density at radius 2 is 2.04 bits per heavy atom. The van der Waals surface area contributed by atoms with Gasteiger partial charge in [0.25, 0.3) is 0 Å². The minimum absolute atomic E-state index is 0.00985. The van der Waals surface area contributed by atoms with Gasteiger partial charge in [-0.2, -0.15) is 0 Å². The first-order valence-corrected chi connectivity index (χ1v) is 9.21. The van der Waals surface area contributed by atoms with Crippen molar-refractivity contribution in [3.63, 3.8) is 0 Å². The van der Waals surface area contributed by atoms with Crippen molar-refractivity contribution in [2.75, 3.05) is 23.3 Å². The van der Waals surface area contributed by atoms with Gasteiger partial charge in [0, 0.05) is 24.7 Å². The largest absolute Gasteiger partial charge is 0.480 e. The maximum atomic E-state index is 14.0. The number of aliphatic carboxylic acids is 1. The minimum atomic E-state index is -1.01. The molecule has 8 heteroatoms. The molecule has 1 aliphatic rings. The highest BCUT2D eigenvalue weighted by Gasteiger charge is 2.29. The Balaban J connectivity index is 1.78. The third-order valence-corrected chi connectivity index (χ3v) is 5.03. The number of carboxylic acid groups (broad SMARTS) is 1. The summed E-state index contributed by atoms with van der Waals surface area (Å²) in [5.41, 5.74) is 1.41. The Morgan fingerprint density at radius 3 is 2.75 bits per heavy atom. The number of carbonyl (C=O) groups is 2. The Bertz CT molecular complexity index is 907. The van der Waals surface area contributed by atoms with Crippen LogP contribution in [0.3, 0.4) is 0 Å². The number of piperidine rings is 1. The zero-order chi connectivity index (χ0) is 20.3. The number of halogens is 3. The van der Waals surface area contributed by atoms with Crippen molar-refractivity contribution < 1.29 is 23.5 Å². The minimum Gasteiger partial charge on any atom is -0.480 e. The quantitative estimate of drug-likeness (QED) is 0.755. The molecule has 2 N–H and O–H groups in total. The third-order valence-electron chi connectivity index (χ3n) is 4.71. The summed E-state index contributed by atoms with van der Waals surface area (Å²) in [6, 6.07) is 8.36. The monoisotopic (exact) mass is 408 g/mol. The lowest BCUT2D eigenvalue weighted by Crippen LogP contribution is -2.41. The molecule has 0 saturated carbocycles. The topological polar surface area (TPSA) is 69.6 Å². The van der Waals surface area contributed by atoms with Crippen LogP contribution < -0.4 is 10.2 Å². The Kier molecular flexibility index (Phi) is 6.14. The number of benzene rings is 2. The number of nitrogens with one attached hydrogen (secondary N) is 1. The lowest BCUT2D eigenvalue weighted by atomic mass is 9.90. The predicted octanol–water partition coefficient (Wildman–Crippen LogP) is 4.10. The molecule has 1 atom stereocenters. The highest BCUT2D eigenvalue weighted by Crippen LogP contribution is 2.34. The summed E-state index contributed by atoms with van der Waals surface area (Å²) in [5.74, 6) is -2.34. The molecule has 1 unspecified atom stereocenters. The Labute approximate surface area is 165 Å². The fourth-order valence-electron chi connectivity index (χ4n) is 3.32. The molecule has 0 spiro atoms. The summed E-state index contributed by atoms with van der Waals surface area (Å²) in [5, 5.41) is 11.9. The normalized spacial score (nSPS) is 16.9. The van der Waals surface area contributed by atoms with E-state index in [0.717, 1.165) is 6.07 Å². The van der Waals surface area contributed by atoms with Crippen molar-refractivity contribution in [2.24, 2.45) is 5.92 Å². The van der Waals surface area contributed by atoms with Crippen LogP contribution in [0.25, 0.3) is 0 Å². The average molecular weight is 409 g/mol. The van der Waals surface area contributed by atoms with Gasteiger partial charge in [-0.05, 0) is 48.6 Å². The second kappa shape index (κ2) is 8.56. The molecule has 148 valence electrons. The molecule has 1 heterocycles. The summed E-state index contributed by atoms with van der Waals surface area (Å²) >= 11 is 6.27. The number of carbonyl (C=O) groups excluding carboxylic acids is 1. The van der Waals surface area contributed by atoms with E-state index < -0.39 is 17.6 Å². The van der Waals surface area contributed by atoms with Crippen LogP contribution in [-0.4, -0.2) is 30.1 Å². The number of carboxylic acids is 1. The van der Waals surface area contributed by atoms with Crippen molar-refractivity contribution in [2.45, 2.75) is 19.3 Å². The highest BCUT2D eigenvalue weighted by molar-refractivity contribution is 6.34. The number of hydrogen-bond acceptors (Lipinski definition) is 3. The van der Waals surface area contributed by atoms with Crippen molar-refractivity contribution in [3.05, 3.63) is 58.6 Å². The van der Waals surface area contributed by atoms with Crippen LogP contribution in [0.4, 0.5) is 20.2 Å². The molecule has 1 fully saturated rings. The van der Waals surface area contributed by atoms with E-state index in [9.17, 15) is 18.4 Å². The Morgan fingerprint density at radius 1 is 1.25 bits per heavy atom. The van der Waals surface area contributed by atoms with Gasteiger partial charge < -0.3 is 15.3 Å². The molecular weight excluding hydrogens is 390 g/mol. The number of rotatable bonds is 6. The van der Waals surface area contributed by atoms with Crippen LogP contribution in [0.2, 0.25) is 5.02 Å². The van der Waals surface area contributed by atoms with Crippen molar-refractivity contribution in [1.82, 2.24) is 0 Å². The van der Waals surface area contributed by atoms with E-state index in [1.807, 2.05) is 0 Å². The molecule has 0 radical (unpaired) electrons. The van der Waals surface area contributed by atoms with Gasteiger partial charge in [0.2, 0.25) is 5.91 Å². The number of amides is 1. The van der Waals surface area contributed by atoms with Gasteiger partial charge in [0.05, 0.1) is 10.7 Å². The van der Waals surface area contributed by atoms with Crippen molar-refractivity contribution in [3.8, 4) is 0 Å². The molecule has 1 aliphatic heterocycles. The van der Waals surface area contributed by atoms with E-state index in [2.05, 4.69) is 5.32 Å². The molecule has 2 aromatic carbocycles. The van der Waals surface area contributed by atoms with E-state index in [4.69, 9.17) is 16.7 Å². The summed E-state index contributed by atoms with van der Waals surface area (Å²) in [4.78, 5) is 24.7. The van der Waals surface area contributed by atoms with Crippen LogP contribution in [0, 0.1) is 17.6 Å². The average Bonchev–Trinajstić information content (AvgIpc) is 2.65. The summed E-state index contributed by atoms with van der Waals surface area (Å²) in [6.45, 7) is 0.0826. The standard InChI is InChI=1S/C20H19ClF2N2O3/c21-16-5-4-15(24-10-20(27)28)9-18(16)25-11-12(1-6-19(25)26)7-13-2-3-14(22)8-17(13)23/h2-5,8-9,12,24H,1,6-7,10-11H2,(H,27,28). The van der Waals surface area contributed by atoms with Gasteiger partial charge in [0.1, 0.15) is 18.2 Å². The second-order valence-corrected chi connectivity index (χ2v) is 7.17. The fourth-order valence-corrected chi connectivity index (χ4v) is 3.54. The number of hydrogen-bond donors (Lipinski definition) is 2. The Hall–Kier alpha value is -2.67. The van der Waals surface area contributed by atoms with Gasteiger partial charge in [-0.15, -0.1) is 0 Å². The maximum Gasteiger partial charge on any atom is 0.322 e. The predicted molar refractivity (Wildman–Crippen MR) is 103 cm³/mol. The zero-order valence-corrected chi connectivity index (χ0v) is 15.7. The van der Waals surface area contributed by atoms with Crippen LogP contribution in [0.5, 0.6) is 0 Å².